The van der Waals surface area contributed by atoms with Crippen LogP contribution in [0.1, 0.15) is 95.9 Å². The van der Waals surface area contributed by atoms with Crippen molar-refractivity contribution in [2.75, 3.05) is 25.4 Å². The van der Waals surface area contributed by atoms with Crippen LogP contribution in [0.5, 0.6) is 0 Å². The summed E-state index contributed by atoms with van der Waals surface area (Å²) in [5, 5.41) is 1.88. The number of hydrogen-bond acceptors (Lipinski definition) is 0. The van der Waals surface area contributed by atoms with E-state index >= 15 is 0 Å². The summed E-state index contributed by atoms with van der Waals surface area (Å²) in [4.78, 5) is 0. The van der Waals surface area contributed by atoms with Crippen molar-refractivity contribution in [3.05, 3.63) is 11.5 Å². The molecule has 0 amide bonds. The summed E-state index contributed by atoms with van der Waals surface area (Å²) in [7, 11) is 8.99. The number of rotatable bonds is 6. The minimum absolute atomic E-state index is 0.346. The Labute approximate surface area is 203 Å². The zero-order chi connectivity index (χ0) is 24.1. The molecule has 0 aliphatic carbocycles. The molecule has 0 bridgehead atoms. The average molecular weight is 579 g/mol. The normalized spacial score (nSPS) is 13.0. The van der Waals surface area contributed by atoms with Crippen LogP contribution >= 0.6 is 35.2 Å². The molecule has 0 aliphatic rings. The van der Waals surface area contributed by atoms with Gasteiger partial charge in [0.1, 0.15) is 0 Å². The van der Waals surface area contributed by atoms with Gasteiger partial charge in [0.25, 0.3) is 0 Å². The van der Waals surface area contributed by atoms with Crippen LogP contribution in [0.3, 0.4) is 0 Å². The Morgan fingerprint density at radius 2 is 0.724 bits per heavy atom. The Morgan fingerprint density at radius 3 is 0.828 bits per heavy atom. The third kappa shape index (κ3) is 20.3. The molecule has 2 N–H and O–H groups in total. The fourth-order valence-electron chi connectivity index (χ4n) is 4.28. The van der Waals surface area contributed by atoms with Crippen LogP contribution < -0.4 is 0 Å². The second kappa shape index (κ2) is 16.6. The summed E-state index contributed by atoms with van der Waals surface area (Å²) in [6.07, 6.45) is 4.76. The van der Waals surface area contributed by atoms with E-state index in [4.69, 9.17) is 30.8 Å². The molecule has 29 heavy (non-hydrogen) atoms. The van der Waals surface area contributed by atoms with Crippen molar-refractivity contribution < 1.29 is 15.1 Å². The van der Waals surface area contributed by atoms with E-state index in [1.807, 2.05) is 0 Å². The molecule has 7 heteroatoms. The Kier molecular flexibility index (Phi) is 20.3. The summed E-state index contributed by atoms with van der Waals surface area (Å²) in [5.74, 6) is 0. The Bertz CT molecular complexity index is 320. The molecule has 0 radical (unpaired) electrons. The van der Waals surface area contributed by atoms with Crippen molar-refractivity contribution in [1.29, 1.82) is 0 Å². The first kappa shape index (κ1) is 35.6. The second-order valence-corrected chi connectivity index (χ2v) is 23.3. The maximum atomic E-state index is 7.22. The Morgan fingerprint density at radius 1 is 0.552 bits per heavy atom. The predicted octanol–water partition coefficient (Wildman–Crippen LogP) is 9.86. The zero-order valence-electron chi connectivity index (χ0n) is 21.4. The molecule has 0 unspecified atom stereocenters. The van der Waals surface area contributed by atoms with Crippen molar-refractivity contribution >= 4 is 35.2 Å². The average Bonchev–Trinajstić information content (AvgIpc) is 2.44. The van der Waals surface area contributed by atoms with Crippen LogP contribution in [0.2, 0.25) is 0 Å². The van der Waals surface area contributed by atoms with E-state index in [9.17, 15) is 0 Å². The summed E-state index contributed by atoms with van der Waals surface area (Å²) in [6.45, 7) is 29.5. The third-order valence-corrected chi connectivity index (χ3v) is 13.8. The van der Waals surface area contributed by atoms with Crippen LogP contribution in [0, 0.1) is 0 Å². The number of nitrogens with one attached hydrogen (secondary N) is 2. The molecule has 2 nitrogen and oxygen atoms in total. The van der Waals surface area contributed by atoms with Crippen molar-refractivity contribution in [2.45, 2.75) is 117 Å². The van der Waals surface area contributed by atoms with Gasteiger partial charge in [0.2, 0.25) is 0 Å². The molecule has 0 aromatic carbocycles. The van der Waals surface area contributed by atoms with Gasteiger partial charge < -0.3 is 11.5 Å². The van der Waals surface area contributed by atoms with Crippen LogP contribution in [0.15, 0.2) is 0 Å². The molecule has 0 spiro atoms. The summed E-state index contributed by atoms with van der Waals surface area (Å²) >= 11 is -0.346. The summed E-state index contributed by atoms with van der Waals surface area (Å²) < 4.78 is 0. The van der Waals surface area contributed by atoms with E-state index in [0.717, 1.165) is 12.8 Å². The predicted molar refractivity (Wildman–Crippen MR) is 145 cm³/mol. The van der Waals surface area contributed by atoms with Crippen molar-refractivity contribution in [2.24, 2.45) is 0 Å². The third-order valence-electron chi connectivity index (χ3n) is 4.83. The van der Waals surface area contributed by atoms with Gasteiger partial charge in [-0.25, -0.2) is 0 Å². The van der Waals surface area contributed by atoms with Crippen LogP contribution in [0.25, 0.3) is 11.5 Å². The van der Waals surface area contributed by atoms with Crippen molar-refractivity contribution in [1.82, 2.24) is 0 Å². The van der Waals surface area contributed by atoms with Gasteiger partial charge in [-0.1, -0.05) is 0 Å². The topological polar surface area (TPSA) is 47.6 Å². The fourth-order valence-corrected chi connectivity index (χ4v) is 12.8. The first-order valence-electron chi connectivity index (χ1n) is 10.7. The monoisotopic (exact) mass is 578 g/mol. The van der Waals surface area contributed by atoms with Gasteiger partial charge in [0.15, 0.2) is 0 Å². The first-order valence-corrected chi connectivity index (χ1v) is 18.6. The quantitative estimate of drug-likeness (QED) is 0.223. The number of hydrogen-bond donors (Lipinski definition) is 0. The summed E-state index contributed by atoms with van der Waals surface area (Å²) in [6, 6.07) is 0. The van der Waals surface area contributed by atoms with Crippen LogP contribution in [-0.2, 0) is 15.1 Å². The summed E-state index contributed by atoms with van der Waals surface area (Å²) in [5.41, 5.74) is 14.4. The molecular formula is C22H52Cl2N2P2Ru+2. The van der Waals surface area contributed by atoms with Crippen LogP contribution in [0.4, 0.5) is 0 Å². The molecular weight excluding hydrogens is 526 g/mol. The van der Waals surface area contributed by atoms with E-state index < -0.39 is 0 Å². The van der Waals surface area contributed by atoms with E-state index in [2.05, 4.69) is 83.1 Å². The molecule has 0 aromatic heterocycles. The van der Waals surface area contributed by atoms with Crippen LogP contribution in [-0.4, -0.2) is 46.0 Å². The van der Waals surface area contributed by atoms with Crippen molar-refractivity contribution in [3.8, 4) is 0 Å². The SMILES string of the molecule is CC(C)(C)[PH+](CCC[NH-])C(C)(C)C.CC(C)(C)[PH+](CCC[NH-])C(C)(C)C.[Cl][Ru+2][Cl]. The van der Waals surface area contributed by atoms with E-state index in [-0.39, 0.29) is 31.0 Å². The van der Waals surface area contributed by atoms with Gasteiger partial charge in [0, 0.05) is 15.8 Å². The van der Waals surface area contributed by atoms with Gasteiger partial charge in [0.05, 0.1) is 32.9 Å². The molecule has 0 heterocycles. The standard InChI is InChI=1S/2C11H25NP.2ClH.Ru/c2*1-10(2,3)13(9-7-8-12)11(4,5)6;;;/h2*12H,7-9H2,1-6H3;2*1H;/q2*-1;;;+4. The van der Waals surface area contributed by atoms with Gasteiger partial charge >= 0.3 is 34.5 Å². The molecule has 0 atom stereocenters. The van der Waals surface area contributed by atoms with E-state index in [0.29, 0.717) is 33.7 Å². The van der Waals surface area contributed by atoms with Gasteiger partial charge in [-0.15, -0.1) is 13.1 Å². The Hall–Kier alpha value is 1.98. The fraction of sp³-hybridized carbons (Fsp3) is 1.00. The molecule has 0 rings (SSSR count). The zero-order valence-corrected chi connectivity index (χ0v) is 26.6. The first-order chi connectivity index (χ1) is 12.8. The number of halogens is 2. The van der Waals surface area contributed by atoms with Crippen molar-refractivity contribution in [3.63, 3.8) is 0 Å². The molecule has 0 fully saturated rings. The van der Waals surface area contributed by atoms with Gasteiger partial charge in [-0.05, 0) is 95.9 Å². The molecule has 0 aromatic rings. The van der Waals surface area contributed by atoms with E-state index in [1.54, 1.807) is 0 Å². The molecule has 180 valence electrons. The van der Waals surface area contributed by atoms with E-state index in [1.165, 1.54) is 12.3 Å². The molecule has 0 aliphatic heterocycles. The second-order valence-electron chi connectivity index (χ2n) is 11.7. The molecule has 0 saturated carbocycles. The van der Waals surface area contributed by atoms with Gasteiger partial charge in [-0.3, -0.25) is 0 Å². The van der Waals surface area contributed by atoms with Gasteiger partial charge in [-0.2, -0.15) is 0 Å². The maximum absolute atomic E-state index is 7.22. The Balaban J connectivity index is -0.000000410. The molecule has 0 saturated heterocycles. The minimum atomic E-state index is -0.358.